The molecular formula is C13H15FN2O. The van der Waals surface area contributed by atoms with Crippen LogP contribution in [0.15, 0.2) is 18.2 Å². The highest BCUT2D eigenvalue weighted by molar-refractivity contribution is 5.94. The van der Waals surface area contributed by atoms with Crippen LogP contribution in [0.25, 0.3) is 0 Å². The van der Waals surface area contributed by atoms with Gasteiger partial charge in [0.2, 0.25) is 0 Å². The van der Waals surface area contributed by atoms with Crippen molar-refractivity contribution in [1.29, 1.82) is 5.26 Å². The van der Waals surface area contributed by atoms with Gasteiger partial charge in [0.05, 0.1) is 12.5 Å². The minimum atomic E-state index is -0.397. The van der Waals surface area contributed by atoms with Gasteiger partial charge in [-0.15, -0.1) is 0 Å². The van der Waals surface area contributed by atoms with E-state index in [1.54, 1.807) is 19.1 Å². The Hall–Kier alpha value is -1.89. The molecule has 0 spiro atoms. The van der Waals surface area contributed by atoms with Crippen molar-refractivity contribution < 1.29 is 9.18 Å². The lowest BCUT2D eigenvalue weighted by Crippen LogP contribution is -2.34. The van der Waals surface area contributed by atoms with Crippen LogP contribution in [0, 0.1) is 24.1 Å². The van der Waals surface area contributed by atoms with Gasteiger partial charge in [-0.1, -0.05) is 13.0 Å². The van der Waals surface area contributed by atoms with Gasteiger partial charge in [0.25, 0.3) is 5.91 Å². The standard InChI is InChI=1S/C13H15FN2O/c1-3-11(6-7-15)16-13(17)10-5-4-9(2)12(14)8-10/h4-5,8,11H,3,6H2,1-2H3,(H,16,17). The average molecular weight is 234 g/mol. The van der Waals surface area contributed by atoms with Gasteiger partial charge in [0.15, 0.2) is 0 Å². The number of rotatable bonds is 4. The number of nitrogens with one attached hydrogen (secondary N) is 1. The highest BCUT2D eigenvalue weighted by Gasteiger charge is 2.12. The van der Waals surface area contributed by atoms with Crippen LogP contribution in [-0.4, -0.2) is 11.9 Å². The third kappa shape index (κ3) is 3.56. The van der Waals surface area contributed by atoms with E-state index in [0.29, 0.717) is 12.0 Å². The van der Waals surface area contributed by atoms with Crippen LogP contribution in [0.5, 0.6) is 0 Å². The topological polar surface area (TPSA) is 52.9 Å². The van der Waals surface area contributed by atoms with Crippen molar-refractivity contribution in [2.45, 2.75) is 32.7 Å². The van der Waals surface area contributed by atoms with Crippen LogP contribution < -0.4 is 5.32 Å². The van der Waals surface area contributed by atoms with Crippen LogP contribution in [0.4, 0.5) is 4.39 Å². The number of nitrogens with zero attached hydrogens (tertiary/aromatic N) is 1. The van der Waals surface area contributed by atoms with Crippen molar-refractivity contribution in [3.05, 3.63) is 35.1 Å². The second-order valence-electron chi connectivity index (χ2n) is 3.90. The van der Waals surface area contributed by atoms with Gasteiger partial charge in [-0.05, 0) is 31.0 Å². The van der Waals surface area contributed by atoms with Crippen molar-refractivity contribution in [1.82, 2.24) is 5.32 Å². The number of carbonyl (C=O) groups excluding carboxylic acids is 1. The average Bonchev–Trinajstić information content (AvgIpc) is 2.31. The van der Waals surface area contributed by atoms with Crippen molar-refractivity contribution in [2.24, 2.45) is 0 Å². The lowest BCUT2D eigenvalue weighted by atomic mass is 10.1. The Labute approximate surface area is 100 Å². The van der Waals surface area contributed by atoms with E-state index in [1.165, 1.54) is 6.07 Å². The number of hydrogen-bond acceptors (Lipinski definition) is 2. The molecule has 4 heteroatoms. The van der Waals surface area contributed by atoms with Crippen LogP contribution in [-0.2, 0) is 0 Å². The molecule has 0 fully saturated rings. The molecule has 17 heavy (non-hydrogen) atoms. The molecule has 1 unspecified atom stereocenters. The van der Waals surface area contributed by atoms with E-state index in [4.69, 9.17) is 5.26 Å². The number of nitriles is 1. The van der Waals surface area contributed by atoms with Gasteiger partial charge < -0.3 is 5.32 Å². The third-order valence-electron chi connectivity index (χ3n) is 2.60. The third-order valence-corrected chi connectivity index (χ3v) is 2.60. The van der Waals surface area contributed by atoms with Crippen LogP contribution in [0.1, 0.15) is 35.7 Å². The molecule has 1 rings (SSSR count). The fraction of sp³-hybridized carbons (Fsp3) is 0.385. The number of amides is 1. The summed E-state index contributed by atoms with van der Waals surface area (Å²) in [5.74, 6) is -0.739. The maximum Gasteiger partial charge on any atom is 0.251 e. The molecule has 0 aliphatic rings. The summed E-state index contributed by atoms with van der Waals surface area (Å²) in [6.45, 7) is 3.53. The molecule has 1 aromatic rings. The number of benzene rings is 1. The zero-order chi connectivity index (χ0) is 12.8. The molecule has 0 bridgehead atoms. The lowest BCUT2D eigenvalue weighted by molar-refractivity contribution is 0.0936. The molecule has 1 atom stereocenters. The molecule has 1 N–H and O–H groups in total. The van der Waals surface area contributed by atoms with Gasteiger partial charge in [0, 0.05) is 11.6 Å². The minimum absolute atomic E-state index is 0.183. The first kappa shape index (κ1) is 13.2. The SMILES string of the molecule is CCC(CC#N)NC(=O)c1ccc(C)c(F)c1. The molecule has 90 valence electrons. The molecule has 0 aliphatic heterocycles. The zero-order valence-corrected chi connectivity index (χ0v) is 9.96. The Morgan fingerprint density at radius 2 is 2.29 bits per heavy atom. The maximum absolute atomic E-state index is 13.3. The molecule has 1 amide bonds. The highest BCUT2D eigenvalue weighted by Crippen LogP contribution is 2.09. The predicted molar refractivity (Wildman–Crippen MR) is 62.9 cm³/mol. The fourth-order valence-electron chi connectivity index (χ4n) is 1.41. The summed E-state index contributed by atoms with van der Waals surface area (Å²) in [5.41, 5.74) is 0.787. The smallest absolute Gasteiger partial charge is 0.251 e. The molecule has 0 radical (unpaired) electrons. The Kier molecular flexibility index (Phi) is 4.65. The second-order valence-corrected chi connectivity index (χ2v) is 3.90. The predicted octanol–water partition coefficient (Wildman–Crippen LogP) is 2.56. The van der Waals surface area contributed by atoms with E-state index >= 15 is 0 Å². The molecule has 0 saturated carbocycles. The Balaban J connectivity index is 2.76. The molecule has 0 saturated heterocycles. The van der Waals surface area contributed by atoms with Crippen molar-refractivity contribution >= 4 is 5.91 Å². The number of halogens is 1. The largest absolute Gasteiger partial charge is 0.348 e. The Bertz CT molecular complexity index is 451. The van der Waals surface area contributed by atoms with Gasteiger partial charge >= 0.3 is 0 Å². The van der Waals surface area contributed by atoms with Crippen LogP contribution >= 0.6 is 0 Å². The highest BCUT2D eigenvalue weighted by atomic mass is 19.1. The molecule has 0 aliphatic carbocycles. The summed E-state index contributed by atoms with van der Waals surface area (Å²) < 4.78 is 13.3. The monoisotopic (exact) mass is 234 g/mol. The molecule has 0 heterocycles. The van der Waals surface area contributed by atoms with Crippen molar-refractivity contribution in [2.75, 3.05) is 0 Å². The lowest BCUT2D eigenvalue weighted by Gasteiger charge is -2.13. The van der Waals surface area contributed by atoms with E-state index in [-0.39, 0.29) is 23.9 Å². The summed E-state index contributed by atoms with van der Waals surface area (Å²) in [4.78, 5) is 11.8. The molecule has 3 nitrogen and oxygen atoms in total. The number of aryl methyl sites for hydroxylation is 1. The van der Waals surface area contributed by atoms with Crippen molar-refractivity contribution in [3.8, 4) is 6.07 Å². The normalized spacial score (nSPS) is 11.6. The van der Waals surface area contributed by atoms with E-state index in [9.17, 15) is 9.18 Å². The van der Waals surface area contributed by atoms with Gasteiger partial charge in [0.1, 0.15) is 5.82 Å². The first-order chi connectivity index (χ1) is 8.08. The van der Waals surface area contributed by atoms with E-state index in [1.807, 2.05) is 13.0 Å². The summed E-state index contributed by atoms with van der Waals surface area (Å²) in [7, 11) is 0. The number of hydrogen-bond donors (Lipinski definition) is 1. The maximum atomic E-state index is 13.3. The summed E-state index contributed by atoms with van der Waals surface area (Å²) >= 11 is 0. The van der Waals surface area contributed by atoms with Gasteiger partial charge in [-0.2, -0.15) is 5.26 Å². The number of carbonyl (C=O) groups is 1. The van der Waals surface area contributed by atoms with Crippen molar-refractivity contribution in [3.63, 3.8) is 0 Å². The minimum Gasteiger partial charge on any atom is -0.348 e. The molecular weight excluding hydrogens is 219 g/mol. The van der Waals surface area contributed by atoms with E-state index in [0.717, 1.165) is 0 Å². The van der Waals surface area contributed by atoms with E-state index < -0.39 is 5.82 Å². The zero-order valence-electron chi connectivity index (χ0n) is 9.96. The van der Waals surface area contributed by atoms with Gasteiger partial charge in [-0.25, -0.2) is 4.39 Å². The molecule has 1 aromatic carbocycles. The van der Waals surface area contributed by atoms with Crippen LogP contribution in [0.3, 0.4) is 0 Å². The second kappa shape index (κ2) is 6.00. The Morgan fingerprint density at radius 1 is 1.59 bits per heavy atom. The Morgan fingerprint density at radius 3 is 2.82 bits per heavy atom. The summed E-state index contributed by atoms with van der Waals surface area (Å²) in [6, 6.07) is 6.18. The fourth-order valence-corrected chi connectivity index (χ4v) is 1.41. The van der Waals surface area contributed by atoms with Gasteiger partial charge in [-0.3, -0.25) is 4.79 Å². The quantitative estimate of drug-likeness (QED) is 0.870. The van der Waals surface area contributed by atoms with E-state index in [2.05, 4.69) is 5.32 Å². The summed E-state index contributed by atoms with van der Waals surface area (Å²) in [5, 5.41) is 11.3. The molecule has 0 aromatic heterocycles. The first-order valence-corrected chi connectivity index (χ1v) is 5.52. The summed E-state index contributed by atoms with van der Waals surface area (Å²) in [6.07, 6.45) is 0.935. The first-order valence-electron chi connectivity index (χ1n) is 5.52. The van der Waals surface area contributed by atoms with Crippen LogP contribution in [0.2, 0.25) is 0 Å².